The second-order valence-electron chi connectivity index (χ2n) is 39.4. The highest BCUT2D eigenvalue weighted by molar-refractivity contribution is 5.75. The summed E-state index contributed by atoms with van der Waals surface area (Å²) in [7, 11) is 4.67. The number of esters is 3. The van der Waals surface area contributed by atoms with Crippen LogP contribution >= 0.6 is 0 Å². The number of amides is 3. The van der Waals surface area contributed by atoms with Gasteiger partial charge in [0.15, 0.2) is 0 Å². The lowest BCUT2D eigenvalue weighted by molar-refractivity contribution is -0.182. The molecule has 3 heterocycles. The average molecular weight is 1940 g/mol. The molecule has 3 fully saturated rings. The van der Waals surface area contributed by atoms with Crippen LogP contribution in [0.4, 0.5) is 14.4 Å². The number of allylic oxidation sites excluding steroid dienone is 11. The summed E-state index contributed by atoms with van der Waals surface area (Å²) in [5, 5.41) is 87.2. The summed E-state index contributed by atoms with van der Waals surface area (Å²) in [6.07, 6.45) is 25.5. The molecule has 0 aromatic rings. The molecular formula is C107H181N3O27. The number of nitrogens with two attached hydrogens (primary N) is 3. The van der Waals surface area contributed by atoms with E-state index in [2.05, 4.69) is 58.7 Å². The number of aliphatic hydroxyl groups excluding tert-OH is 8. The Morgan fingerprint density at radius 3 is 0.956 bits per heavy atom. The van der Waals surface area contributed by atoms with Crippen LogP contribution in [0.1, 0.15) is 205 Å². The van der Waals surface area contributed by atoms with Crippen molar-refractivity contribution in [2.45, 2.75) is 308 Å². The normalized spacial score (nSPS) is 26.9. The number of carbonyl (C=O) groups is 6. The number of aliphatic hydroxyl groups is 8. The van der Waals surface area contributed by atoms with Crippen LogP contribution in [0, 0.1) is 130 Å². The van der Waals surface area contributed by atoms with Crippen molar-refractivity contribution >= 4 is 36.2 Å². The predicted molar refractivity (Wildman–Crippen MR) is 534 cm³/mol. The molecule has 3 aliphatic rings. The molecule has 0 aromatic carbocycles. The smallest absolute Gasteiger partial charge is 0.404 e. The molecule has 0 spiro atoms. The minimum Gasteiger partial charge on any atom is -0.462 e. The molecule has 137 heavy (non-hydrogen) atoms. The third-order valence-corrected chi connectivity index (χ3v) is 27.7. The molecule has 0 unspecified atom stereocenters. The number of methoxy groups -OCH3 is 3. The first-order chi connectivity index (χ1) is 64.2. The number of primary amides is 3. The van der Waals surface area contributed by atoms with E-state index in [-0.39, 0.29) is 139 Å². The Bertz CT molecular complexity index is 3790. The van der Waals surface area contributed by atoms with Gasteiger partial charge in [-0.05, 0) is 89.4 Å². The number of rotatable bonds is 60. The van der Waals surface area contributed by atoms with Crippen molar-refractivity contribution < 1.29 is 131 Å². The zero-order valence-corrected chi connectivity index (χ0v) is 87.5. The van der Waals surface area contributed by atoms with E-state index in [0.29, 0.717) is 57.7 Å². The standard InChI is InChI=1S/C37H63NO10.C35H59NO9.C35H59NO8/c1-11-12-13-24(4)35(48-37(38)43)28(8)33(40)26(6)19-22(2)18-25(5)32(39)23(3)14-15-30(46-21-45-17-16-44-10)20-31-27(7)34(41)29(9)36(42)47-31;1-11-12-13-22(4)33(45-35(36)41)26(8)31(38)24(6)17-20(2)16-23(5)30(37)21(3)14-15-28(43-19-42-10)18-29-25(7)32(39)27(9)34(40)44-29;1-11-12-14-24(5)33(44-35(36)40)27(8)31(37)23(4)16-13-15-21(2)25(6)22(3)17-18-29(42-20-41-10)19-30-26(7)32(38)28(9)34(39)43-30/h11-15,18,23-35,39-41H,1,16-17,19-21H2,2-10H3,(H2,38,43);11-16,21-33,37-39H,1,17-19H2,2-10H3,(H2,36,41);11-15,17-18,21-33,37-38H,1,16,19-20H2,2-10H3,(H2,36,40)/b13-12-,15-14-,22-18-;13-12-,15-14-,20-16-;14-12-,15-13-,18-17-/t23-,24-,25-,26-,27-,28-,29+,30+,31-,32-,33+,34-,35-;21-,22-,23-,24-,25-,26-,27+,28+,29-,30-,31+,32-,33-;21-,22-,23-,24-,25+,26-,27-,28+,29+,30-,31+,32-,33-/m000/s1. The van der Waals surface area contributed by atoms with Gasteiger partial charge in [0.25, 0.3) is 0 Å². The highest BCUT2D eigenvalue weighted by Gasteiger charge is 2.45. The van der Waals surface area contributed by atoms with E-state index in [4.69, 9.17) is 78.8 Å². The Hall–Kier alpha value is -7.50. The lowest BCUT2D eigenvalue weighted by Crippen LogP contribution is -2.47. The molecule has 30 heteroatoms. The van der Waals surface area contributed by atoms with Gasteiger partial charge in [-0.25, -0.2) is 14.4 Å². The zero-order chi connectivity index (χ0) is 105. The Morgan fingerprint density at radius 1 is 0.372 bits per heavy atom. The van der Waals surface area contributed by atoms with Crippen LogP contribution < -0.4 is 17.2 Å². The quantitative estimate of drug-likeness (QED) is 0.00673. The summed E-state index contributed by atoms with van der Waals surface area (Å²) >= 11 is 0. The van der Waals surface area contributed by atoms with Crippen LogP contribution in [0.3, 0.4) is 0 Å². The van der Waals surface area contributed by atoms with Gasteiger partial charge in [0.2, 0.25) is 0 Å². The summed E-state index contributed by atoms with van der Waals surface area (Å²) in [4.78, 5) is 71.4. The fraction of sp³-hybridized carbons (Fsp3) is 0.720. The molecule has 0 aliphatic carbocycles. The van der Waals surface area contributed by atoms with Gasteiger partial charge in [-0.2, -0.15) is 0 Å². The van der Waals surface area contributed by atoms with Gasteiger partial charge in [0.05, 0.1) is 98.1 Å². The third kappa shape index (κ3) is 45.5. The predicted octanol–water partition coefficient (Wildman–Crippen LogP) is 15.7. The second kappa shape index (κ2) is 67.1. The van der Waals surface area contributed by atoms with Crippen LogP contribution in [0.15, 0.2) is 146 Å². The summed E-state index contributed by atoms with van der Waals surface area (Å²) in [6, 6.07) is 0. The first kappa shape index (κ1) is 128. The molecule has 0 aromatic heterocycles. The maximum atomic E-state index is 12.3. The molecule has 39 atom stereocenters. The van der Waals surface area contributed by atoms with E-state index >= 15 is 0 Å². The van der Waals surface area contributed by atoms with Gasteiger partial charge in [0, 0.05) is 118 Å². The molecule has 14 N–H and O–H groups in total. The fourth-order valence-electron chi connectivity index (χ4n) is 18.0. The van der Waals surface area contributed by atoms with Crippen LogP contribution in [0.2, 0.25) is 0 Å². The molecule has 0 saturated carbocycles. The van der Waals surface area contributed by atoms with E-state index in [1.54, 1.807) is 71.4 Å². The summed E-state index contributed by atoms with van der Waals surface area (Å²) in [6.45, 7) is 57.9. The maximum Gasteiger partial charge on any atom is 0.404 e. The topological polar surface area (TPSA) is 462 Å². The molecule has 786 valence electrons. The minimum absolute atomic E-state index is 0.00410. The Balaban J connectivity index is 0.00000103. The minimum atomic E-state index is -0.888. The molecule has 0 radical (unpaired) electrons. The largest absolute Gasteiger partial charge is 0.462 e. The molecule has 3 aliphatic heterocycles. The van der Waals surface area contributed by atoms with Crippen molar-refractivity contribution in [3.63, 3.8) is 0 Å². The van der Waals surface area contributed by atoms with E-state index in [1.165, 1.54) is 7.11 Å². The monoisotopic (exact) mass is 1940 g/mol. The summed E-state index contributed by atoms with van der Waals surface area (Å²) in [5.41, 5.74) is 18.0. The van der Waals surface area contributed by atoms with Crippen molar-refractivity contribution in [3.05, 3.63) is 146 Å². The van der Waals surface area contributed by atoms with E-state index in [1.807, 2.05) is 185 Å². The lowest BCUT2D eigenvalue weighted by Gasteiger charge is -2.37. The zero-order valence-electron chi connectivity index (χ0n) is 87.5. The maximum absolute atomic E-state index is 12.3. The number of cyclic esters (lactones) is 3. The average Bonchev–Trinajstić information content (AvgIpc) is 0.904. The fourth-order valence-corrected chi connectivity index (χ4v) is 18.0. The van der Waals surface area contributed by atoms with E-state index < -0.39 is 146 Å². The molecular weight excluding hydrogens is 1760 g/mol. The van der Waals surface area contributed by atoms with E-state index in [0.717, 1.165) is 11.1 Å². The Labute approximate surface area is 820 Å². The van der Waals surface area contributed by atoms with Gasteiger partial charge >= 0.3 is 36.2 Å². The number of carbonyl (C=O) groups excluding carboxylic acids is 6. The number of hydrogen-bond donors (Lipinski definition) is 11. The van der Waals surface area contributed by atoms with Gasteiger partial charge in [0.1, 0.15) is 57.0 Å². The Morgan fingerprint density at radius 2 is 0.664 bits per heavy atom. The van der Waals surface area contributed by atoms with Crippen molar-refractivity contribution in [1.29, 1.82) is 0 Å². The van der Waals surface area contributed by atoms with Crippen molar-refractivity contribution in [1.82, 2.24) is 0 Å². The first-order valence-electron chi connectivity index (χ1n) is 49.0. The van der Waals surface area contributed by atoms with Gasteiger partial charge < -0.3 is 120 Å². The van der Waals surface area contributed by atoms with Gasteiger partial charge in [-0.15, -0.1) is 0 Å². The number of ether oxygens (including phenoxy) is 13. The molecule has 3 rings (SSSR count). The molecule has 0 bridgehead atoms. The summed E-state index contributed by atoms with van der Waals surface area (Å²) < 4.78 is 71.3. The Kier molecular flexibility index (Phi) is 62.4. The van der Waals surface area contributed by atoms with Crippen LogP contribution in [0.5, 0.6) is 0 Å². The highest BCUT2D eigenvalue weighted by atomic mass is 16.7. The van der Waals surface area contributed by atoms with Crippen LogP contribution in [0.25, 0.3) is 0 Å². The second-order valence-corrected chi connectivity index (χ2v) is 39.4. The van der Waals surface area contributed by atoms with Crippen molar-refractivity contribution in [2.24, 2.45) is 147 Å². The SMILES string of the molecule is C=C/C=C\[C@H](C)[C@H](OC(N)=O)[C@@H](C)[C@H](O)[C@@H](C)C/C(C)=C\[C@H](C)[C@@H](O)[C@@H](C)/C=C\[C@H](C[C@@H]1OC(=O)[C@H](C)[C@@H](O)[C@H]1C)OCOC.C=C/C=C\[C@H](C)[C@H](OC(N)=O)[C@@H](C)[C@H](O)[C@@H](C)C/C(C)=C\[C@H](C)[C@@H](O)[C@@H](C)/C=C\[C@H](C[C@@H]1OC(=O)[C@H](C)[C@@H](O)[C@H]1C)OCOCCOC.C=C/C=C\[C@H](C)[C@H](OC(N)=O)[C@@H](C)[C@H](O)[C@@H](C)C/C=C\[C@H](C)[C@@H](C)[C@@H](C)/C=C\[C@H](C[C@@H]1OC(=O)[C@H](C)[C@@H](O)[C@H]1C)OCOC. The first-order valence-corrected chi connectivity index (χ1v) is 49.0. The van der Waals surface area contributed by atoms with Gasteiger partial charge in [-0.1, -0.05) is 278 Å². The summed E-state index contributed by atoms with van der Waals surface area (Å²) in [5.74, 6) is -5.69. The molecule has 30 nitrogen and oxygen atoms in total. The molecule has 3 saturated heterocycles. The number of hydrogen-bond acceptors (Lipinski definition) is 27. The third-order valence-electron chi connectivity index (χ3n) is 27.7. The molecule has 3 amide bonds. The van der Waals surface area contributed by atoms with Gasteiger partial charge in [-0.3, -0.25) is 14.4 Å². The highest BCUT2D eigenvalue weighted by Crippen LogP contribution is 2.38. The van der Waals surface area contributed by atoms with Crippen molar-refractivity contribution in [3.8, 4) is 0 Å². The lowest BCUT2D eigenvalue weighted by atomic mass is 9.81. The van der Waals surface area contributed by atoms with Crippen molar-refractivity contribution in [2.75, 3.05) is 54.9 Å². The van der Waals surface area contributed by atoms with Crippen LogP contribution in [-0.2, 0) is 76.0 Å². The van der Waals surface area contributed by atoms with E-state index in [9.17, 15) is 69.6 Å². The van der Waals surface area contributed by atoms with Crippen LogP contribution in [-0.4, -0.2) is 236 Å².